The van der Waals surface area contributed by atoms with Crippen LogP contribution in [0.15, 0.2) is 17.3 Å². The zero-order chi connectivity index (χ0) is 7.56. The summed E-state index contributed by atoms with van der Waals surface area (Å²) in [5.41, 5.74) is 2.15. The topological polar surface area (TPSA) is 15.6 Å². The van der Waals surface area contributed by atoms with Crippen molar-refractivity contribution < 1.29 is 0 Å². The van der Waals surface area contributed by atoms with Gasteiger partial charge in [0.2, 0.25) is 0 Å². The van der Waals surface area contributed by atoms with E-state index in [1.54, 1.807) is 7.05 Å². The molecule has 0 amide bonds. The maximum atomic E-state index is 4.07. The van der Waals surface area contributed by atoms with Crippen molar-refractivity contribution in [1.82, 2.24) is 4.90 Å². The second-order valence-corrected chi connectivity index (χ2v) is 2.60. The van der Waals surface area contributed by atoms with Crippen molar-refractivity contribution in [3.8, 4) is 0 Å². The lowest BCUT2D eigenvalue weighted by Crippen LogP contribution is -2.37. The summed E-state index contributed by atoms with van der Waals surface area (Å²) in [6.45, 7) is 8.26. The smallest absolute Gasteiger partial charge is 0.0540 e. The van der Waals surface area contributed by atoms with Gasteiger partial charge in [-0.1, -0.05) is 6.58 Å². The molecule has 1 aliphatic heterocycles. The van der Waals surface area contributed by atoms with Crippen molar-refractivity contribution in [2.75, 3.05) is 20.1 Å². The first-order valence-corrected chi connectivity index (χ1v) is 3.63. The highest BCUT2D eigenvalue weighted by atomic mass is 15.2. The van der Waals surface area contributed by atoms with Gasteiger partial charge in [-0.15, -0.1) is 0 Å². The number of allylic oxidation sites excluding steroid dienone is 1. The average molecular weight is 138 g/mol. The third-order valence-corrected chi connectivity index (χ3v) is 1.99. The molecule has 10 heavy (non-hydrogen) atoms. The molecule has 1 fully saturated rings. The van der Waals surface area contributed by atoms with E-state index in [2.05, 4.69) is 16.5 Å². The van der Waals surface area contributed by atoms with Gasteiger partial charge in [0.05, 0.1) is 11.4 Å². The molecule has 56 valence electrons. The molecule has 0 aromatic heterocycles. The summed E-state index contributed by atoms with van der Waals surface area (Å²) >= 11 is 0. The predicted octanol–water partition coefficient (Wildman–Crippen LogP) is 1.30. The van der Waals surface area contributed by atoms with E-state index in [9.17, 15) is 0 Å². The molecule has 2 heteroatoms. The average Bonchev–Trinajstić information content (AvgIpc) is 1.82. The van der Waals surface area contributed by atoms with Gasteiger partial charge in [0.1, 0.15) is 0 Å². The van der Waals surface area contributed by atoms with Gasteiger partial charge in [-0.25, -0.2) is 0 Å². The van der Waals surface area contributed by atoms with Crippen LogP contribution in [0.4, 0.5) is 0 Å². The highest BCUT2D eigenvalue weighted by Gasteiger charge is 2.16. The van der Waals surface area contributed by atoms with Crippen molar-refractivity contribution in [3.63, 3.8) is 0 Å². The third-order valence-electron chi connectivity index (χ3n) is 1.99. The van der Waals surface area contributed by atoms with Crippen molar-refractivity contribution >= 4 is 5.71 Å². The van der Waals surface area contributed by atoms with E-state index in [0.29, 0.717) is 0 Å². The third kappa shape index (κ3) is 1.20. The van der Waals surface area contributed by atoms with Crippen LogP contribution in [0, 0.1) is 0 Å². The zero-order valence-electron chi connectivity index (χ0n) is 6.72. The fraction of sp³-hybridized carbons (Fsp3) is 0.625. The fourth-order valence-electron chi connectivity index (χ4n) is 0.944. The van der Waals surface area contributed by atoms with Crippen molar-refractivity contribution in [1.29, 1.82) is 0 Å². The molecule has 1 rings (SSSR count). The van der Waals surface area contributed by atoms with E-state index in [-0.39, 0.29) is 0 Å². The van der Waals surface area contributed by atoms with Crippen LogP contribution in [0.2, 0.25) is 0 Å². The Labute approximate surface area is 62.3 Å². The highest BCUT2D eigenvalue weighted by molar-refractivity contribution is 5.97. The van der Waals surface area contributed by atoms with Crippen LogP contribution in [0.3, 0.4) is 0 Å². The molecule has 0 aliphatic carbocycles. The van der Waals surface area contributed by atoms with Gasteiger partial charge < -0.3 is 4.90 Å². The Morgan fingerprint density at radius 1 is 1.50 bits per heavy atom. The first-order valence-electron chi connectivity index (χ1n) is 3.63. The van der Waals surface area contributed by atoms with Crippen LogP contribution in [0.5, 0.6) is 0 Å². The molecule has 0 aromatic rings. The van der Waals surface area contributed by atoms with Gasteiger partial charge in [-0.05, 0) is 13.3 Å². The zero-order valence-corrected chi connectivity index (χ0v) is 6.72. The van der Waals surface area contributed by atoms with E-state index < -0.39 is 0 Å². The van der Waals surface area contributed by atoms with Crippen LogP contribution in [-0.4, -0.2) is 30.7 Å². The predicted molar refractivity (Wildman–Crippen MR) is 44.4 cm³/mol. The van der Waals surface area contributed by atoms with E-state index >= 15 is 0 Å². The molecule has 0 N–H and O–H groups in total. The molecule has 2 nitrogen and oxygen atoms in total. The van der Waals surface area contributed by atoms with Gasteiger partial charge in [0.25, 0.3) is 0 Å². The number of hydrogen-bond donors (Lipinski definition) is 0. The molecular weight excluding hydrogens is 124 g/mol. The molecule has 0 saturated carbocycles. The number of nitrogens with zero attached hydrogens (tertiary/aromatic N) is 2. The molecule has 1 heterocycles. The lowest BCUT2D eigenvalue weighted by molar-refractivity contribution is 0.252. The fourth-order valence-corrected chi connectivity index (χ4v) is 0.944. The first-order chi connectivity index (χ1) is 4.75. The molecule has 0 radical (unpaired) electrons. The molecular formula is C8H14N2. The normalized spacial score (nSPS) is 18.6. The lowest BCUT2D eigenvalue weighted by Gasteiger charge is -2.34. The number of aliphatic imine (C=N–C) groups is 1. The van der Waals surface area contributed by atoms with Crippen molar-refractivity contribution in [3.05, 3.63) is 12.3 Å². The maximum absolute atomic E-state index is 4.07. The number of likely N-dealkylation sites (tertiary alicyclic amines) is 1. The Balaban J connectivity index is 2.48. The van der Waals surface area contributed by atoms with E-state index in [0.717, 1.165) is 24.5 Å². The monoisotopic (exact) mass is 138 g/mol. The lowest BCUT2D eigenvalue weighted by atomic mass is 10.1. The Kier molecular flexibility index (Phi) is 2.10. The Bertz CT molecular complexity index is 166. The van der Waals surface area contributed by atoms with Crippen molar-refractivity contribution in [2.24, 2.45) is 4.99 Å². The van der Waals surface area contributed by atoms with Crippen LogP contribution in [-0.2, 0) is 0 Å². The molecule has 0 bridgehead atoms. The molecule has 0 aromatic carbocycles. The quantitative estimate of drug-likeness (QED) is 0.525. The van der Waals surface area contributed by atoms with E-state index in [4.69, 9.17) is 0 Å². The number of rotatable bonds is 2. The second-order valence-electron chi connectivity index (χ2n) is 2.60. The van der Waals surface area contributed by atoms with Gasteiger partial charge in [-0.3, -0.25) is 4.99 Å². The van der Waals surface area contributed by atoms with Gasteiger partial charge >= 0.3 is 0 Å². The van der Waals surface area contributed by atoms with Crippen LogP contribution < -0.4 is 0 Å². The minimum absolute atomic E-state index is 1.06. The van der Waals surface area contributed by atoms with Gasteiger partial charge in [-0.2, -0.15) is 0 Å². The standard InChI is InChI=1S/C8H14N2/c1-7(9-3)8(2)10-5-4-6-10/h2,4-6H2,1,3H3/b9-7+. The minimum Gasteiger partial charge on any atom is -0.370 e. The Morgan fingerprint density at radius 3 is 2.40 bits per heavy atom. The van der Waals surface area contributed by atoms with E-state index in [1.165, 1.54) is 6.42 Å². The summed E-state index contributed by atoms with van der Waals surface area (Å²) in [6, 6.07) is 0. The molecule has 0 unspecified atom stereocenters. The first kappa shape index (κ1) is 7.32. The Morgan fingerprint density at radius 2 is 2.10 bits per heavy atom. The SMILES string of the molecule is C=C(/C(C)=N/C)N1CCC1. The molecule has 1 aliphatic rings. The summed E-state index contributed by atoms with van der Waals surface area (Å²) in [6.07, 6.45) is 1.30. The van der Waals surface area contributed by atoms with Gasteiger partial charge in [0, 0.05) is 20.1 Å². The minimum atomic E-state index is 1.06. The summed E-state index contributed by atoms with van der Waals surface area (Å²) < 4.78 is 0. The summed E-state index contributed by atoms with van der Waals surface area (Å²) in [4.78, 5) is 6.32. The summed E-state index contributed by atoms with van der Waals surface area (Å²) in [7, 11) is 1.81. The largest absolute Gasteiger partial charge is 0.370 e. The van der Waals surface area contributed by atoms with Crippen LogP contribution in [0.25, 0.3) is 0 Å². The number of hydrogen-bond acceptors (Lipinski definition) is 2. The van der Waals surface area contributed by atoms with E-state index in [1.807, 2.05) is 6.92 Å². The summed E-state index contributed by atoms with van der Waals surface area (Å²) in [5.74, 6) is 0. The summed E-state index contributed by atoms with van der Waals surface area (Å²) in [5, 5.41) is 0. The second kappa shape index (κ2) is 2.86. The van der Waals surface area contributed by atoms with Crippen LogP contribution >= 0.6 is 0 Å². The Hall–Kier alpha value is -0.790. The van der Waals surface area contributed by atoms with Gasteiger partial charge in [0.15, 0.2) is 0 Å². The van der Waals surface area contributed by atoms with Crippen LogP contribution in [0.1, 0.15) is 13.3 Å². The maximum Gasteiger partial charge on any atom is 0.0540 e. The highest BCUT2D eigenvalue weighted by Crippen LogP contribution is 2.13. The molecule has 0 spiro atoms. The van der Waals surface area contributed by atoms with Crippen molar-refractivity contribution in [2.45, 2.75) is 13.3 Å². The molecule has 1 saturated heterocycles. The molecule has 0 atom stereocenters.